The molecule has 24 nitrogen and oxygen atoms in total. The zero-order valence-corrected chi connectivity index (χ0v) is 44.5. The maximum Gasteiger partial charge on any atom is 0.335 e. The summed E-state index contributed by atoms with van der Waals surface area (Å²) in [5.74, 6) is -3.15. The van der Waals surface area contributed by atoms with Crippen molar-refractivity contribution in [3.63, 3.8) is 0 Å². The van der Waals surface area contributed by atoms with E-state index in [0.29, 0.717) is 27.9 Å². The second-order valence-electron chi connectivity index (χ2n) is 17.0. The van der Waals surface area contributed by atoms with Gasteiger partial charge in [-0.1, -0.05) is 0 Å². The quantitative estimate of drug-likeness (QED) is 0.0368. The number of nitrogens with zero attached hydrogens (tertiary/aromatic N) is 6. The number of carbonyl (C=O) groups is 10. The number of nitrogen functional groups attached to an aromatic ring is 1. The zero-order valence-electron chi connectivity index (χ0n) is 43.8. The van der Waals surface area contributed by atoms with Crippen LogP contribution in [0.25, 0.3) is 0 Å². The first kappa shape index (κ1) is 65.3. The van der Waals surface area contributed by atoms with Crippen LogP contribution in [-0.4, -0.2) is 135 Å². The maximum atomic E-state index is 11.7. The summed E-state index contributed by atoms with van der Waals surface area (Å²) in [7, 11) is 9.76. The predicted molar refractivity (Wildman–Crippen MR) is 283 cm³/mol. The van der Waals surface area contributed by atoms with Gasteiger partial charge >= 0.3 is 5.97 Å². The van der Waals surface area contributed by atoms with E-state index in [4.69, 9.17) is 22.4 Å². The van der Waals surface area contributed by atoms with Crippen molar-refractivity contribution in [2.75, 3.05) is 48.0 Å². The van der Waals surface area contributed by atoms with Crippen LogP contribution in [0.4, 0.5) is 22.7 Å². The fourth-order valence-electron chi connectivity index (χ4n) is 5.98. The first-order valence-corrected chi connectivity index (χ1v) is 22.4. The molecule has 0 unspecified atom stereocenters. The van der Waals surface area contributed by atoms with Crippen LogP contribution in [0.1, 0.15) is 144 Å². The number of aromatic carboxylic acids is 1. The lowest BCUT2D eigenvalue weighted by Crippen LogP contribution is -2.22. The summed E-state index contributed by atoms with van der Waals surface area (Å²) in [4.78, 5) is 146. The molecule has 0 heterocycles. The summed E-state index contributed by atoms with van der Waals surface area (Å²) in [5.41, 5.74) is 8.08. The summed E-state index contributed by atoms with van der Waals surface area (Å²) in [6, 6.07) is 20.0. The number of benzene rings is 5. The number of ketones is 5. The highest BCUT2D eigenvalue weighted by molar-refractivity contribution is 6.67. The van der Waals surface area contributed by atoms with E-state index in [1.54, 1.807) is 64.6 Å². The Hall–Kier alpha value is -9.71. The molecule has 0 radical (unpaired) electrons. The molecule has 0 aromatic heterocycles. The Morgan fingerprint density at radius 2 is 0.623 bits per heavy atom. The van der Waals surface area contributed by atoms with E-state index in [1.165, 1.54) is 75.5 Å². The average Bonchev–Trinajstić information content (AvgIpc) is 3.35. The monoisotopic (exact) mass is 1080 g/mol. The molecule has 0 aliphatic carbocycles. The van der Waals surface area contributed by atoms with Gasteiger partial charge in [-0.3, -0.25) is 73.5 Å². The number of nitro benzene ring substituents is 3. The number of nitrogens with two attached hydrogens (primary N) is 1. The Balaban J connectivity index is 0.000000482. The molecule has 5 aromatic rings. The average molecular weight is 1080 g/mol. The number of carbonyl (C=O) groups excluding carboxylic acids is 9. The van der Waals surface area contributed by atoms with Crippen molar-refractivity contribution in [3.8, 4) is 0 Å². The number of Topliss-reactive ketones (excluding diaryl/α,β-unsaturated/α-hetero) is 5. The van der Waals surface area contributed by atoms with E-state index < -0.39 is 37.5 Å². The van der Waals surface area contributed by atoms with Crippen LogP contribution in [0.5, 0.6) is 0 Å². The van der Waals surface area contributed by atoms with Crippen molar-refractivity contribution in [2.45, 2.75) is 41.5 Å². The van der Waals surface area contributed by atoms with Gasteiger partial charge in [-0.2, -0.15) is 0 Å². The number of hydrogen-bond donors (Lipinski definition) is 2. The van der Waals surface area contributed by atoms with E-state index in [1.807, 2.05) is 6.92 Å². The second-order valence-corrected chi connectivity index (χ2v) is 17.3. The first-order valence-electron chi connectivity index (χ1n) is 22.0. The van der Waals surface area contributed by atoms with Crippen LogP contribution in [0.3, 0.4) is 0 Å². The number of non-ortho nitro benzene ring substituents is 3. The number of amides is 3. The molecule has 25 heteroatoms. The first-order chi connectivity index (χ1) is 35.5. The number of rotatable bonds is 13. The Kier molecular flexibility index (Phi) is 24.8. The van der Waals surface area contributed by atoms with Crippen LogP contribution in [0.2, 0.25) is 0 Å². The number of carboxylic acid groups (broad SMARTS) is 1. The summed E-state index contributed by atoms with van der Waals surface area (Å²) in [6.45, 7) is 8.57. The smallest absolute Gasteiger partial charge is 0.335 e. The minimum Gasteiger partial charge on any atom is -0.478 e. The highest BCUT2D eigenvalue weighted by Gasteiger charge is 2.19. The van der Waals surface area contributed by atoms with Gasteiger partial charge in [-0.15, -0.1) is 0 Å². The maximum absolute atomic E-state index is 11.7. The molecule has 0 bridgehead atoms. The highest BCUT2D eigenvalue weighted by atomic mass is 35.5. The number of carboxylic acids is 1. The summed E-state index contributed by atoms with van der Waals surface area (Å²) in [6.07, 6.45) is 0. The molecule has 406 valence electrons. The van der Waals surface area contributed by atoms with Crippen molar-refractivity contribution in [1.29, 1.82) is 0 Å². The van der Waals surface area contributed by atoms with Gasteiger partial charge in [-0.05, 0) is 113 Å². The van der Waals surface area contributed by atoms with E-state index in [-0.39, 0.29) is 85.6 Å². The lowest BCUT2D eigenvalue weighted by molar-refractivity contribution is -0.385. The highest BCUT2D eigenvalue weighted by Crippen LogP contribution is 2.22. The molecule has 0 fully saturated rings. The standard InChI is InChI=1S/C12H15NO2.C11H12N2O4.C11H14N2O2.C9H6ClNO4.C9H7NO5/c1-8-5-10(9(2)14)7-11(6-8)12(15)13(3)4;1-7(14)8-4-9(11(15)12(2)3)6-10(5-8)13(16)17;1-7(14)8-4-9(6-10(12)5-8)11(15)13(2)3;1-5(12)6-2-7(9(10)13)4-8(3-6)11(14)15;1-5(11)6-2-7(9(12)13)4-8(3-6)10(14)15/h5-7H,1-4H3;4-6H,1-3H3;4-6H,12H2,1-3H3;2-4H,1H3;2-4H,1H3,(H,12,13). The van der Waals surface area contributed by atoms with Crippen molar-refractivity contribution < 1.29 is 67.8 Å². The fraction of sp³-hybridized carbons (Fsp3) is 0.231. The molecular weight excluding hydrogens is 1030 g/mol. The Bertz CT molecular complexity index is 2850. The molecule has 0 spiro atoms. The van der Waals surface area contributed by atoms with Crippen LogP contribution in [0.15, 0.2) is 91.0 Å². The van der Waals surface area contributed by atoms with Crippen LogP contribution < -0.4 is 5.73 Å². The number of anilines is 1. The van der Waals surface area contributed by atoms with Gasteiger partial charge in [0.05, 0.1) is 20.3 Å². The molecule has 5 rings (SSSR count). The molecule has 0 atom stereocenters. The molecular formula is C52H54ClN7O17. The summed E-state index contributed by atoms with van der Waals surface area (Å²) >= 11 is 5.18. The van der Waals surface area contributed by atoms with Gasteiger partial charge in [0, 0.05) is 134 Å². The van der Waals surface area contributed by atoms with Crippen molar-refractivity contribution in [3.05, 3.63) is 183 Å². The predicted octanol–water partition coefficient (Wildman–Crippen LogP) is 8.24. The lowest BCUT2D eigenvalue weighted by atomic mass is 10.0. The van der Waals surface area contributed by atoms with Gasteiger partial charge in [0.2, 0.25) is 0 Å². The van der Waals surface area contributed by atoms with Gasteiger partial charge in [0.1, 0.15) is 0 Å². The Labute approximate surface area is 445 Å². The lowest BCUT2D eigenvalue weighted by Gasteiger charge is -2.11. The molecule has 77 heavy (non-hydrogen) atoms. The zero-order chi connectivity index (χ0) is 59.5. The molecule has 0 saturated carbocycles. The minimum atomic E-state index is -1.30. The Morgan fingerprint density at radius 1 is 0.403 bits per heavy atom. The molecule has 0 saturated heterocycles. The van der Waals surface area contributed by atoms with Crippen molar-refractivity contribution in [2.24, 2.45) is 0 Å². The van der Waals surface area contributed by atoms with Crippen LogP contribution in [-0.2, 0) is 0 Å². The van der Waals surface area contributed by atoms with E-state index in [0.717, 1.165) is 48.0 Å². The number of aryl methyl sites for hydroxylation is 1. The SMILES string of the molecule is CC(=O)c1cc(C(=O)Cl)cc([N+](=O)[O-])c1.CC(=O)c1cc(C(=O)N(C)C)cc([N+](=O)[O-])c1.CC(=O)c1cc(C(=O)O)cc([N+](=O)[O-])c1.CC(=O)c1cc(C)cc(C(=O)N(C)C)c1.CC(=O)c1cc(N)cc(C(=O)N(C)C)c1. The molecule has 5 aromatic carbocycles. The van der Waals surface area contributed by atoms with Gasteiger partial charge in [0.15, 0.2) is 28.9 Å². The second kappa shape index (κ2) is 29.2. The van der Waals surface area contributed by atoms with E-state index in [9.17, 15) is 78.3 Å². The van der Waals surface area contributed by atoms with E-state index >= 15 is 0 Å². The third-order valence-electron chi connectivity index (χ3n) is 9.88. The molecule has 3 N–H and O–H groups in total. The summed E-state index contributed by atoms with van der Waals surface area (Å²) < 4.78 is 0. The number of hydrogen-bond acceptors (Lipinski definition) is 17. The third kappa shape index (κ3) is 21.0. The largest absolute Gasteiger partial charge is 0.478 e. The van der Waals surface area contributed by atoms with Gasteiger partial charge in [-0.25, -0.2) is 4.79 Å². The molecule has 3 amide bonds. The van der Waals surface area contributed by atoms with Gasteiger partial charge in [0.25, 0.3) is 40.0 Å². The normalized spacial score (nSPS) is 9.78. The van der Waals surface area contributed by atoms with Crippen LogP contribution in [0, 0.1) is 37.3 Å². The number of halogens is 1. The summed E-state index contributed by atoms with van der Waals surface area (Å²) in [5, 5.41) is 39.5. The topological polar surface area (TPSA) is 356 Å². The fourth-order valence-corrected chi connectivity index (χ4v) is 6.09. The third-order valence-corrected chi connectivity index (χ3v) is 10.1. The molecule has 0 aliphatic rings. The molecule has 0 aliphatic heterocycles. The number of nitro groups is 3. The minimum absolute atomic E-state index is 0.0154. The van der Waals surface area contributed by atoms with Crippen molar-refractivity contribution in [1.82, 2.24) is 14.7 Å². The van der Waals surface area contributed by atoms with Crippen molar-refractivity contribution >= 4 is 92.2 Å². The van der Waals surface area contributed by atoms with Gasteiger partial charge < -0.3 is 25.5 Å². The van der Waals surface area contributed by atoms with Crippen LogP contribution >= 0.6 is 11.6 Å². The van der Waals surface area contributed by atoms with E-state index in [2.05, 4.69) is 0 Å². The Morgan fingerprint density at radius 3 is 0.922 bits per heavy atom.